The molecule has 0 aromatic heterocycles. The summed E-state index contributed by atoms with van der Waals surface area (Å²) in [7, 11) is 0. The summed E-state index contributed by atoms with van der Waals surface area (Å²) in [5.74, 6) is 0. The molecule has 2 fully saturated rings. The minimum atomic E-state index is 0.693. The summed E-state index contributed by atoms with van der Waals surface area (Å²) in [6.45, 7) is 8.95. The fourth-order valence-electron chi connectivity index (χ4n) is 3.02. The minimum absolute atomic E-state index is 0.693. The number of unbranched alkanes of at least 4 members (excludes halogenated alkanes) is 2. The molecule has 0 amide bonds. The van der Waals surface area contributed by atoms with Crippen molar-refractivity contribution >= 4 is 0 Å². The normalized spacial score (nSPS) is 27.5. The third kappa shape index (κ3) is 4.50. The summed E-state index contributed by atoms with van der Waals surface area (Å²) in [4.78, 5) is 5.24. The molecule has 2 saturated heterocycles. The lowest BCUT2D eigenvalue weighted by Gasteiger charge is -2.40. The van der Waals surface area contributed by atoms with Gasteiger partial charge in [-0.25, -0.2) is 0 Å². The first-order valence-corrected chi connectivity index (χ1v) is 7.64. The van der Waals surface area contributed by atoms with Gasteiger partial charge in [0, 0.05) is 38.8 Å². The van der Waals surface area contributed by atoms with Crippen LogP contribution in [0.5, 0.6) is 0 Å². The Kier molecular flexibility index (Phi) is 6.41. The second-order valence-electron chi connectivity index (χ2n) is 5.60. The van der Waals surface area contributed by atoms with E-state index in [0.29, 0.717) is 6.04 Å². The van der Waals surface area contributed by atoms with Gasteiger partial charge < -0.3 is 15.4 Å². The summed E-state index contributed by atoms with van der Waals surface area (Å²) >= 11 is 0. The summed E-state index contributed by atoms with van der Waals surface area (Å²) < 4.78 is 5.59. The third-order valence-electron chi connectivity index (χ3n) is 4.24. The van der Waals surface area contributed by atoms with Crippen LogP contribution < -0.4 is 5.73 Å². The molecule has 2 N–H and O–H groups in total. The Bertz CT molecular complexity index is 211. The highest BCUT2D eigenvalue weighted by atomic mass is 16.5. The predicted molar refractivity (Wildman–Crippen MR) is 74.8 cm³/mol. The predicted octanol–water partition coefficient (Wildman–Crippen LogP) is 0.912. The van der Waals surface area contributed by atoms with E-state index in [9.17, 15) is 0 Å². The van der Waals surface area contributed by atoms with Gasteiger partial charge >= 0.3 is 0 Å². The molecule has 2 rings (SSSR count). The first-order valence-electron chi connectivity index (χ1n) is 7.64. The molecule has 0 aromatic carbocycles. The van der Waals surface area contributed by atoms with Gasteiger partial charge in [-0.15, -0.1) is 0 Å². The fourth-order valence-corrected chi connectivity index (χ4v) is 3.02. The van der Waals surface area contributed by atoms with Crippen LogP contribution in [0, 0.1) is 0 Å². The van der Waals surface area contributed by atoms with Crippen molar-refractivity contribution in [3.63, 3.8) is 0 Å². The Morgan fingerprint density at radius 3 is 2.56 bits per heavy atom. The van der Waals surface area contributed by atoms with Gasteiger partial charge in [0.05, 0.1) is 6.61 Å². The first kappa shape index (κ1) is 14.3. The van der Waals surface area contributed by atoms with E-state index in [2.05, 4.69) is 9.80 Å². The molecule has 1 atom stereocenters. The second kappa shape index (κ2) is 8.10. The summed E-state index contributed by atoms with van der Waals surface area (Å²) in [5.41, 5.74) is 5.52. The Morgan fingerprint density at radius 1 is 1.06 bits per heavy atom. The maximum absolute atomic E-state index is 5.59. The highest BCUT2D eigenvalue weighted by molar-refractivity contribution is 4.80. The summed E-state index contributed by atoms with van der Waals surface area (Å²) in [5, 5.41) is 0. The van der Waals surface area contributed by atoms with Crippen molar-refractivity contribution in [1.29, 1.82) is 0 Å². The number of ether oxygens (including phenoxy) is 1. The molecule has 4 heteroatoms. The lowest BCUT2D eigenvalue weighted by Crippen LogP contribution is -2.52. The zero-order valence-electron chi connectivity index (χ0n) is 11.6. The van der Waals surface area contributed by atoms with Gasteiger partial charge in [-0.05, 0) is 38.8 Å². The van der Waals surface area contributed by atoms with Gasteiger partial charge in [-0.2, -0.15) is 0 Å². The Labute approximate surface area is 111 Å². The van der Waals surface area contributed by atoms with Crippen molar-refractivity contribution in [3.8, 4) is 0 Å². The maximum atomic E-state index is 5.59. The van der Waals surface area contributed by atoms with Gasteiger partial charge in [-0.1, -0.05) is 6.42 Å². The fraction of sp³-hybridized carbons (Fsp3) is 1.00. The zero-order chi connectivity index (χ0) is 12.6. The molecule has 0 aromatic rings. The number of nitrogens with zero attached hydrogens (tertiary/aromatic N) is 2. The van der Waals surface area contributed by atoms with Gasteiger partial charge in [0.25, 0.3) is 0 Å². The smallest absolute Gasteiger partial charge is 0.0621 e. The molecule has 18 heavy (non-hydrogen) atoms. The number of hydrogen-bond acceptors (Lipinski definition) is 4. The van der Waals surface area contributed by atoms with Gasteiger partial charge in [0.1, 0.15) is 0 Å². The van der Waals surface area contributed by atoms with Crippen LogP contribution in [-0.4, -0.2) is 68.3 Å². The Morgan fingerprint density at radius 2 is 1.89 bits per heavy atom. The van der Waals surface area contributed by atoms with E-state index in [1.165, 1.54) is 64.8 Å². The quantitative estimate of drug-likeness (QED) is 0.717. The van der Waals surface area contributed by atoms with Crippen LogP contribution >= 0.6 is 0 Å². The van der Waals surface area contributed by atoms with E-state index >= 15 is 0 Å². The zero-order valence-corrected chi connectivity index (χ0v) is 11.6. The number of piperazine rings is 1. The van der Waals surface area contributed by atoms with Crippen molar-refractivity contribution in [3.05, 3.63) is 0 Å². The molecule has 2 aliphatic heterocycles. The molecule has 0 radical (unpaired) electrons. The third-order valence-corrected chi connectivity index (χ3v) is 4.24. The van der Waals surface area contributed by atoms with Gasteiger partial charge in [0.2, 0.25) is 0 Å². The van der Waals surface area contributed by atoms with Crippen LogP contribution in [0.3, 0.4) is 0 Å². The summed E-state index contributed by atoms with van der Waals surface area (Å²) in [6, 6.07) is 0.693. The SMILES string of the molecule is NCCCCCN1CCN(C2CCCOC2)CC1. The molecule has 2 heterocycles. The lowest BCUT2D eigenvalue weighted by atomic mass is 10.1. The number of rotatable bonds is 6. The average Bonchev–Trinajstić information content (AvgIpc) is 2.45. The molecule has 0 spiro atoms. The standard InChI is InChI=1S/C14H29N3O/c15-6-2-1-3-7-16-8-10-17(11-9-16)14-5-4-12-18-13-14/h14H,1-13,15H2. The Balaban J connectivity index is 1.58. The average molecular weight is 255 g/mol. The monoisotopic (exact) mass is 255 g/mol. The molecular weight excluding hydrogens is 226 g/mol. The highest BCUT2D eigenvalue weighted by Crippen LogP contribution is 2.15. The van der Waals surface area contributed by atoms with E-state index in [0.717, 1.165) is 19.8 Å². The van der Waals surface area contributed by atoms with Crippen molar-refractivity contribution in [1.82, 2.24) is 9.80 Å². The van der Waals surface area contributed by atoms with Crippen LogP contribution in [0.15, 0.2) is 0 Å². The largest absolute Gasteiger partial charge is 0.380 e. The molecule has 2 aliphatic rings. The van der Waals surface area contributed by atoms with Crippen LogP contribution in [0.25, 0.3) is 0 Å². The topological polar surface area (TPSA) is 41.7 Å². The van der Waals surface area contributed by atoms with Crippen LogP contribution in [0.1, 0.15) is 32.1 Å². The van der Waals surface area contributed by atoms with Crippen molar-refractivity contribution < 1.29 is 4.74 Å². The first-order chi connectivity index (χ1) is 8.90. The molecular formula is C14H29N3O. The van der Waals surface area contributed by atoms with E-state index in [4.69, 9.17) is 10.5 Å². The van der Waals surface area contributed by atoms with E-state index in [1.54, 1.807) is 0 Å². The minimum Gasteiger partial charge on any atom is -0.380 e. The number of hydrogen-bond donors (Lipinski definition) is 1. The van der Waals surface area contributed by atoms with E-state index < -0.39 is 0 Å². The molecule has 106 valence electrons. The second-order valence-corrected chi connectivity index (χ2v) is 5.60. The molecule has 0 bridgehead atoms. The Hall–Kier alpha value is -0.160. The van der Waals surface area contributed by atoms with E-state index in [-0.39, 0.29) is 0 Å². The van der Waals surface area contributed by atoms with Crippen molar-refractivity contribution in [2.24, 2.45) is 5.73 Å². The van der Waals surface area contributed by atoms with Crippen molar-refractivity contribution in [2.45, 2.75) is 38.1 Å². The molecule has 1 unspecified atom stereocenters. The summed E-state index contributed by atoms with van der Waals surface area (Å²) in [6.07, 6.45) is 6.34. The maximum Gasteiger partial charge on any atom is 0.0621 e. The van der Waals surface area contributed by atoms with Crippen LogP contribution in [0.2, 0.25) is 0 Å². The lowest BCUT2D eigenvalue weighted by molar-refractivity contribution is -0.00172. The molecule has 0 aliphatic carbocycles. The molecule has 0 saturated carbocycles. The number of nitrogens with two attached hydrogens (primary N) is 1. The van der Waals surface area contributed by atoms with E-state index in [1.807, 2.05) is 0 Å². The van der Waals surface area contributed by atoms with Crippen molar-refractivity contribution in [2.75, 3.05) is 52.5 Å². The molecule has 4 nitrogen and oxygen atoms in total. The van der Waals surface area contributed by atoms with Crippen LogP contribution in [0.4, 0.5) is 0 Å². The van der Waals surface area contributed by atoms with Gasteiger partial charge in [0.15, 0.2) is 0 Å². The highest BCUT2D eigenvalue weighted by Gasteiger charge is 2.25. The van der Waals surface area contributed by atoms with Crippen LogP contribution in [-0.2, 0) is 4.74 Å². The van der Waals surface area contributed by atoms with Gasteiger partial charge in [-0.3, -0.25) is 4.90 Å².